The van der Waals surface area contributed by atoms with E-state index in [1.807, 2.05) is 18.7 Å². The normalized spacial score (nSPS) is 16.2. The Kier molecular flexibility index (Phi) is 9.91. The third kappa shape index (κ3) is 7.66. The van der Waals surface area contributed by atoms with Crippen molar-refractivity contribution in [2.75, 3.05) is 19.7 Å². The number of carbonyl (C=O) groups is 1. The largest absolute Gasteiger partial charge is 0.494 e. The summed E-state index contributed by atoms with van der Waals surface area (Å²) in [7, 11) is 0. The third-order valence-corrected chi connectivity index (χ3v) is 4.86. The van der Waals surface area contributed by atoms with E-state index in [9.17, 15) is 4.79 Å². The molecule has 1 saturated heterocycles. The molecule has 0 saturated carbocycles. The Labute approximate surface area is 158 Å². The van der Waals surface area contributed by atoms with Gasteiger partial charge in [-0.25, -0.2) is 0 Å². The van der Waals surface area contributed by atoms with Crippen LogP contribution < -0.4 is 10.5 Å². The number of ether oxygens (including phenoxy) is 1. The van der Waals surface area contributed by atoms with E-state index in [1.165, 1.54) is 12.0 Å². The van der Waals surface area contributed by atoms with Crippen LogP contribution in [0.15, 0.2) is 24.3 Å². The van der Waals surface area contributed by atoms with Gasteiger partial charge in [0.05, 0.1) is 6.61 Å². The van der Waals surface area contributed by atoms with Crippen LogP contribution in [0.25, 0.3) is 0 Å². The van der Waals surface area contributed by atoms with Crippen LogP contribution in [0.4, 0.5) is 0 Å². The van der Waals surface area contributed by atoms with Crippen molar-refractivity contribution in [3.05, 3.63) is 29.8 Å². The van der Waals surface area contributed by atoms with Crippen LogP contribution in [0, 0.1) is 5.92 Å². The predicted octanol–water partition coefficient (Wildman–Crippen LogP) is 3.81. The Morgan fingerprint density at radius 1 is 1.28 bits per heavy atom. The zero-order chi connectivity index (χ0) is 17.4. The van der Waals surface area contributed by atoms with Crippen molar-refractivity contribution in [3.8, 4) is 5.75 Å². The summed E-state index contributed by atoms with van der Waals surface area (Å²) in [6.45, 7) is 6.49. The summed E-state index contributed by atoms with van der Waals surface area (Å²) in [5, 5.41) is 0. The number of nitrogens with two attached hydrogens (primary N) is 1. The van der Waals surface area contributed by atoms with E-state index < -0.39 is 0 Å². The standard InChI is InChI=1S/C20H32N2O2.ClH/c1-3-24-19-9-7-17(8-10-19)5-6-18-12-14-22(15-13-18)20(23)11-4-16(2)21;/h7-10,16,18H,3-6,11-15,21H2,1-2H3;1H. The van der Waals surface area contributed by atoms with Gasteiger partial charge < -0.3 is 15.4 Å². The SMILES string of the molecule is CCOc1ccc(CCC2CCN(C(=O)CCC(C)N)CC2)cc1.Cl. The van der Waals surface area contributed by atoms with Crippen LogP contribution >= 0.6 is 12.4 Å². The molecule has 0 bridgehead atoms. The highest BCUT2D eigenvalue weighted by atomic mass is 35.5. The molecular formula is C20H33ClN2O2. The van der Waals surface area contributed by atoms with Crippen molar-refractivity contribution in [1.82, 2.24) is 4.90 Å². The van der Waals surface area contributed by atoms with Crippen molar-refractivity contribution < 1.29 is 9.53 Å². The van der Waals surface area contributed by atoms with Gasteiger partial charge in [0, 0.05) is 25.6 Å². The van der Waals surface area contributed by atoms with Gasteiger partial charge in [0.1, 0.15) is 5.75 Å². The molecule has 2 rings (SSSR count). The first kappa shape index (κ1) is 21.8. The zero-order valence-electron chi connectivity index (χ0n) is 15.6. The summed E-state index contributed by atoms with van der Waals surface area (Å²) in [6, 6.07) is 8.55. The molecule has 1 aromatic rings. The van der Waals surface area contributed by atoms with E-state index in [4.69, 9.17) is 10.5 Å². The maximum absolute atomic E-state index is 12.1. The second-order valence-electron chi connectivity index (χ2n) is 6.96. The van der Waals surface area contributed by atoms with Gasteiger partial charge in [0.15, 0.2) is 0 Å². The molecule has 1 aromatic carbocycles. The highest BCUT2D eigenvalue weighted by Crippen LogP contribution is 2.23. The average molecular weight is 369 g/mol. The lowest BCUT2D eigenvalue weighted by Crippen LogP contribution is -2.39. The number of hydrogen-bond donors (Lipinski definition) is 1. The molecule has 0 radical (unpaired) electrons. The van der Waals surface area contributed by atoms with Crippen LogP contribution in [-0.2, 0) is 11.2 Å². The van der Waals surface area contributed by atoms with Gasteiger partial charge >= 0.3 is 0 Å². The summed E-state index contributed by atoms with van der Waals surface area (Å²) in [6.07, 6.45) is 5.94. The second kappa shape index (κ2) is 11.4. The molecule has 1 heterocycles. The first-order chi connectivity index (χ1) is 11.6. The van der Waals surface area contributed by atoms with E-state index in [1.54, 1.807) is 0 Å². The molecule has 1 unspecified atom stereocenters. The molecule has 0 aliphatic carbocycles. The highest BCUT2D eigenvalue weighted by molar-refractivity contribution is 5.85. The number of halogens is 1. The van der Waals surface area contributed by atoms with E-state index in [-0.39, 0.29) is 24.4 Å². The molecule has 142 valence electrons. The fourth-order valence-corrected chi connectivity index (χ4v) is 3.27. The maximum atomic E-state index is 12.1. The molecule has 2 N–H and O–H groups in total. The van der Waals surface area contributed by atoms with Crippen molar-refractivity contribution in [2.45, 2.75) is 58.4 Å². The Morgan fingerprint density at radius 2 is 1.92 bits per heavy atom. The monoisotopic (exact) mass is 368 g/mol. The van der Waals surface area contributed by atoms with Crippen LogP contribution in [0.2, 0.25) is 0 Å². The van der Waals surface area contributed by atoms with E-state index >= 15 is 0 Å². The molecule has 1 fully saturated rings. The van der Waals surface area contributed by atoms with E-state index in [0.717, 1.165) is 50.4 Å². The maximum Gasteiger partial charge on any atom is 0.222 e. The quantitative estimate of drug-likeness (QED) is 0.759. The van der Waals surface area contributed by atoms with Crippen LogP contribution in [0.5, 0.6) is 5.75 Å². The van der Waals surface area contributed by atoms with Gasteiger partial charge in [0.2, 0.25) is 5.91 Å². The lowest BCUT2D eigenvalue weighted by molar-refractivity contribution is -0.132. The summed E-state index contributed by atoms with van der Waals surface area (Å²) < 4.78 is 5.48. The number of aryl methyl sites for hydroxylation is 1. The second-order valence-corrected chi connectivity index (χ2v) is 6.96. The topological polar surface area (TPSA) is 55.6 Å². The lowest BCUT2D eigenvalue weighted by atomic mass is 9.90. The van der Waals surface area contributed by atoms with Crippen LogP contribution in [-0.4, -0.2) is 36.5 Å². The number of piperidine rings is 1. The molecule has 5 heteroatoms. The first-order valence-electron chi connectivity index (χ1n) is 9.33. The van der Waals surface area contributed by atoms with Crippen molar-refractivity contribution >= 4 is 18.3 Å². The Hall–Kier alpha value is -1.26. The fourth-order valence-electron chi connectivity index (χ4n) is 3.27. The number of likely N-dealkylation sites (tertiary alicyclic amines) is 1. The smallest absolute Gasteiger partial charge is 0.222 e. The number of nitrogens with zero attached hydrogens (tertiary/aromatic N) is 1. The van der Waals surface area contributed by atoms with Crippen molar-refractivity contribution in [2.24, 2.45) is 11.7 Å². The Bertz CT molecular complexity index is 497. The Balaban J connectivity index is 0.00000312. The molecular weight excluding hydrogens is 336 g/mol. The van der Waals surface area contributed by atoms with Gasteiger partial charge in [-0.3, -0.25) is 4.79 Å². The number of rotatable bonds is 8. The predicted molar refractivity (Wildman–Crippen MR) is 105 cm³/mol. The molecule has 4 nitrogen and oxygen atoms in total. The number of carbonyl (C=O) groups excluding carboxylic acids is 1. The molecule has 1 aliphatic rings. The molecule has 1 amide bonds. The fraction of sp³-hybridized carbons (Fsp3) is 0.650. The summed E-state index contributed by atoms with van der Waals surface area (Å²) >= 11 is 0. The van der Waals surface area contributed by atoms with Gasteiger partial charge in [-0.15, -0.1) is 12.4 Å². The molecule has 0 aromatic heterocycles. The van der Waals surface area contributed by atoms with Gasteiger partial charge in [-0.1, -0.05) is 12.1 Å². The highest BCUT2D eigenvalue weighted by Gasteiger charge is 2.22. The summed E-state index contributed by atoms with van der Waals surface area (Å²) in [4.78, 5) is 14.2. The molecule has 1 atom stereocenters. The van der Waals surface area contributed by atoms with Crippen LogP contribution in [0.3, 0.4) is 0 Å². The third-order valence-electron chi connectivity index (χ3n) is 4.86. The van der Waals surface area contributed by atoms with E-state index in [0.29, 0.717) is 13.0 Å². The Morgan fingerprint density at radius 3 is 2.48 bits per heavy atom. The molecule has 1 aliphatic heterocycles. The average Bonchev–Trinajstić information content (AvgIpc) is 2.60. The van der Waals surface area contributed by atoms with Crippen molar-refractivity contribution in [3.63, 3.8) is 0 Å². The zero-order valence-corrected chi connectivity index (χ0v) is 16.4. The number of amides is 1. The number of benzene rings is 1. The summed E-state index contributed by atoms with van der Waals surface area (Å²) in [5.41, 5.74) is 7.10. The van der Waals surface area contributed by atoms with Crippen LogP contribution in [0.1, 0.15) is 51.5 Å². The number of hydrogen-bond acceptors (Lipinski definition) is 3. The van der Waals surface area contributed by atoms with E-state index in [2.05, 4.69) is 24.3 Å². The molecule has 25 heavy (non-hydrogen) atoms. The van der Waals surface area contributed by atoms with Gasteiger partial charge in [0.25, 0.3) is 0 Å². The minimum atomic E-state index is 0. The van der Waals surface area contributed by atoms with Crippen molar-refractivity contribution in [1.29, 1.82) is 0 Å². The first-order valence-corrected chi connectivity index (χ1v) is 9.33. The minimum Gasteiger partial charge on any atom is -0.494 e. The minimum absolute atomic E-state index is 0. The van der Waals surface area contributed by atoms with Gasteiger partial charge in [-0.2, -0.15) is 0 Å². The van der Waals surface area contributed by atoms with Gasteiger partial charge in [-0.05, 0) is 69.6 Å². The lowest BCUT2D eigenvalue weighted by Gasteiger charge is -2.32. The summed E-state index contributed by atoms with van der Waals surface area (Å²) in [5.74, 6) is 1.95. The molecule has 0 spiro atoms.